The summed E-state index contributed by atoms with van der Waals surface area (Å²) in [4.78, 5) is 24.7. The average Bonchev–Trinajstić information content (AvgIpc) is 2.79. The highest BCUT2D eigenvalue weighted by atomic mass is 16.6. The number of amides is 1. The Bertz CT molecular complexity index is 293. The third-order valence-corrected chi connectivity index (χ3v) is 3.45. The molecule has 1 rings (SSSR count). The van der Waals surface area contributed by atoms with Crippen LogP contribution in [0, 0.1) is 5.92 Å². The molecular formula is C13H23NO4. The van der Waals surface area contributed by atoms with Crippen molar-refractivity contribution in [3.05, 3.63) is 0 Å². The van der Waals surface area contributed by atoms with E-state index >= 15 is 0 Å². The van der Waals surface area contributed by atoms with Crippen LogP contribution in [-0.4, -0.2) is 41.3 Å². The van der Waals surface area contributed by atoms with Crippen molar-refractivity contribution < 1.29 is 19.4 Å². The minimum absolute atomic E-state index is 0.201. The second-order valence-corrected chi connectivity index (χ2v) is 4.69. The van der Waals surface area contributed by atoms with Crippen LogP contribution in [0.25, 0.3) is 0 Å². The van der Waals surface area contributed by atoms with Gasteiger partial charge in [-0.15, -0.1) is 0 Å². The summed E-state index contributed by atoms with van der Waals surface area (Å²) in [5.41, 5.74) is 0. The lowest BCUT2D eigenvalue weighted by Gasteiger charge is -2.30. The van der Waals surface area contributed by atoms with E-state index in [1.54, 1.807) is 11.8 Å². The van der Waals surface area contributed by atoms with Crippen molar-refractivity contribution in [1.82, 2.24) is 4.90 Å². The van der Waals surface area contributed by atoms with E-state index in [1.165, 1.54) is 0 Å². The molecular weight excluding hydrogens is 234 g/mol. The number of carboxylic acid groups (broad SMARTS) is 1. The minimum atomic E-state index is -0.803. The lowest BCUT2D eigenvalue weighted by atomic mass is 10.0. The summed E-state index contributed by atoms with van der Waals surface area (Å²) in [6.07, 6.45) is 3.76. The van der Waals surface area contributed by atoms with Crippen LogP contribution in [0.3, 0.4) is 0 Å². The van der Waals surface area contributed by atoms with Crippen molar-refractivity contribution in [3.63, 3.8) is 0 Å². The molecule has 0 radical (unpaired) electrons. The van der Waals surface area contributed by atoms with E-state index in [4.69, 9.17) is 4.74 Å². The van der Waals surface area contributed by atoms with Gasteiger partial charge >= 0.3 is 12.1 Å². The standard InChI is InChI=1S/C13H23NO4/c1-3-5-9-14(13(17)18-4-2)11-8-6-7-10(11)12(15)16/h10-11H,3-9H2,1-2H3,(H,15,16). The lowest BCUT2D eigenvalue weighted by Crippen LogP contribution is -2.45. The highest BCUT2D eigenvalue weighted by Crippen LogP contribution is 2.31. The fraction of sp³-hybridized carbons (Fsp3) is 0.846. The third-order valence-electron chi connectivity index (χ3n) is 3.45. The van der Waals surface area contributed by atoms with Gasteiger partial charge in [0.25, 0.3) is 0 Å². The highest BCUT2D eigenvalue weighted by molar-refractivity contribution is 5.74. The van der Waals surface area contributed by atoms with E-state index in [0.717, 1.165) is 25.7 Å². The molecule has 18 heavy (non-hydrogen) atoms. The first-order valence-corrected chi connectivity index (χ1v) is 6.78. The van der Waals surface area contributed by atoms with Gasteiger partial charge in [0, 0.05) is 12.6 Å². The van der Waals surface area contributed by atoms with Gasteiger partial charge in [0.15, 0.2) is 0 Å². The van der Waals surface area contributed by atoms with E-state index in [1.807, 2.05) is 6.92 Å². The summed E-state index contributed by atoms with van der Waals surface area (Å²) >= 11 is 0. The Morgan fingerprint density at radius 3 is 2.61 bits per heavy atom. The number of unbranched alkanes of at least 4 members (excludes halogenated alkanes) is 1. The van der Waals surface area contributed by atoms with Crippen LogP contribution in [0.1, 0.15) is 46.0 Å². The molecule has 104 valence electrons. The van der Waals surface area contributed by atoms with E-state index < -0.39 is 11.9 Å². The Morgan fingerprint density at radius 2 is 2.06 bits per heavy atom. The number of ether oxygens (including phenoxy) is 1. The molecule has 1 N–H and O–H groups in total. The summed E-state index contributed by atoms with van der Waals surface area (Å²) in [6.45, 7) is 4.72. The molecule has 1 fully saturated rings. The molecule has 0 aromatic carbocycles. The molecule has 1 amide bonds. The molecule has 0 spiro atoms. The van der Waals surface area contributed by atoms with Gasteiger partial charge in [-0.25, -0.2) is 4.79 Å². The van der Waals surface area contributed by atoms with Crippen molar-refractivity contribution in [2.45, 2.75) is 52.0 Å². The predicted molar refractivity (Wildman–Crippen MR) is 67.4 cm³/mol. The predicted octanol–water partition coefficient (Wildman–Crippen LogP) is 2.50. The van der Waals surface area contributed by atoms with Crippen molar-refractivity contribution in [3.8, 4) is 0 Å². The molecule has 0 heterocycles. The second-order valence-electron chi connectivity index (χ2n) is 4.69. The van der Waals surface area contributed by atoms with Gasteiger partial charge in [-0.05, 0) is 26.2 Å². The van der Waals surface area contributed by atoms with E-state index in [-0.39, 0.29) is 12.1 Å². The van der Waals surface area contributed by atoms with Gasteiger partial charge < -0.3 is 14.7 Å². The maximum absolute atomic E-state index is 11.9. The van der Waals surface area contributed by atoms with Gasteiger partial charge in [0.05, 0.1) is 12.5 Å². The van der Waals surface area contributed by atoms with Gasteiger partial charge in [0.1, 0.15) is 0 Å². The number of hydrogen-bond donors (Lipinski definition) is 1. The summed E-state index contributed by atoms with van der Waals surface area (Å²) < 4.78 is 5.04. The molecule has 1 saturated carbocycles. The molecule has 0 saturated heterocycles. The minimum Gasteiger partial charge on any atom is -0.481 e. The molecule has 0 aromatic rings. The average molecular weight is 257 g/mol. The number of carboxylic acids is 1. The number of carbonyl (C=O) groups excluding carboxylic acids is 1. The SMILES string of the molecule is CCCCN(C(=O)OCC)C1CCCC1C(=O)O. The summed E-state index contributed by atoms with van der Waals surface area (Å²) in [6, 6.07) is -0.201. The molecule has 2 atom stereocenters. The fourth-order valence-corrected chi connectivity index (χ4v) is 2.53. The zero-order chi connectivity index (χ0) is 13.5. The Kier molecular flexibility index (Phi) is 5.95. The molecule has 1 aliphatic rings. The van der Waals surface area contributed by atoms with Crippen LogP contribution in [0.15, 0.2) is 0 Å². The molecule has 5 heteroatoms. The largest absolute Gasteiger partial charge is 0.481 e. The van der Waals surface area contributed by atoms with Crippen molar-refractivity contribution in [2.24, 2.45) is 5.92 Å². The Balaban J connectivity index is 2.74. The first-order chi connectivity index (χ1) is 8.61. The monoisotopic (exact) mass is 257 g/mol. The Labute approximate surface area is 108 Å². The van der Waals surface area contributed by atoms with Crippen molar-refractivity contribution >= 4 is 12.1 Å². The first kappa shape index (κ1) is 14.8. The Hall–Kier alpha value is -1.26. The van der Waals surface area contributed by atoms with Crippen LogP contribution in [-0.2, 0) is 9.53 Å². The molecule has 0 aliphatic heterocycles. The van der Waals surface area contributed by atoms with E-state index in [9.17, 15) is 14.7 Å². The molecule has 2 unspecified atom stereocenters. The number of rotatable bonds is 6. The van der Waals surface area contributed by atoms with Crippen molar-refractivity contribution in [1.29, 1.82) is 0 Å². The topological polar surface area (TPSA) is 66.8 Å². The number of aliphatic carboxylic acids is 1. The zero-order valence-electron chi connectivity index (χ0n) is 11.2. The van der Waals surface area contributed by atoms with Crippen molar-refractivity contribution in [2.75, 3.05) is 13.2 Å². The van der Waals surface area contributed by atoms with E-state index in [2.05, 4.69) is 0 Å². The number of nitrogens with zero attached hydrogens (tertiary/aromatic N) is 1. The number of carbonyl (C=O) groups is 2. The van der Waals surface area contributed by atoms with Crippen LogP contribution >= 0.6 is 0 Å². The fourth-order valence-electron chi connectivity index (χ4n) is 2.53. The summed E-state index contributed by atoms with van der Waals surface area (Å²) in [5, 5.41) is 9.19. The molecule has 0 bridgehead atoms. The summed E-state index contributed by atoms with van der Waals surface area (Å²) in [5.74, 6) is -1.24. The number of hydrogen-bond acceptors (Lipinski definition) is 3. The highest BCUT2D eigenvalue weighted by Gasteiger charge is 2.39. The summed E-state index contributed by atoms with van der Waals surface area (Å²) in [7, 11) is 0. The molecule has 5 nitrogen and oxygen atoms in total. The van der Waals surface area contributed by atoms with Crippen LogP contribution in [0.2, 0.25) is 0 Å². The van der Waals surface area contributed by atoms with Crippen LogP contribution in [0.5, 0.6) is 0 Å². The van der Waals surface area contributed by atoms with Crippen LogP contribution < -0.4 is 0 Å². The van der Waals surface area contributed by atoms with Gasteiger partial charge in [-0.2, -0.15) is 0 Å². The third kappa shape index (κ3) is 3.62. The van der Waals surface area contributed by atoms with Gasteiger partial charge in [-0.1, -0.05) is 19.8 Å². The lowest BCUT2D eigenvalue weighted by molar-refractivity contribution is -0.143. The Morgan fingerprint density at radius 1 is 1.33 bits per heavy atom. The maximum atomic E-state index is 11.9. The van der Waals surface area contributed by atoms with Gasteiger partial charge in [-0.3, -0.25) is 4.79 Å². The first-order valence-electron chi connectivity index (χ1n) is 6.78. The normalized spacial score (nSPS) is 22.8. The van der Waals surface area contributed by atoms with Gasteiger partial charge in [0.2, 0.25) is 0 Å². The molecule has 0 aromatic heterocycles. The van der Waals surface area contributed by atoms with E-state index in [0.29, 0.717) is 19.6 Å². The second kappa shape index (κ2) is 7.24. The molecule has 1 aliphatic carbocycles. The van der Waals surface area contributed by atoms with Crippen LogP contribution in [0.4, 0.5) is 4.79 Å². The smallest absolute Gasteiger partial charge is 0.410 e. The zero-order valence-corrected chi connectivity index (χ0v) is 11.2. The maximum Gasteiger partial charge on any atom is 0.410 e. The quantitative estimate of drug-likeness (QED) is 0.794.